The first kappa shape index (κ1) is 21.8. The minimum Gasteiger partial charge on any atom is -0.383 e. The number of benzene rings is 1. The minimum atomic E-state index is -3.59. The number of piperidine rings is 1. The van der Waals surface area contributed by atoms with Gasteiger partial charge in [-0.1, -0.05) is 17.7 Å². The number of sulfonamides is 1. The second-order valence-electron chi connectivity index (χ2n) is 6.83. The number of nitrogens with zero attached hydrogens (tertiary/aromatic N) is 2. The molecule has 1 aliphatic heterocycles. The molecule has 1 unspecified atom stereocenters. The van der Waals surface area contributed by atoms with Crippen LogP contribution in [0.3, 0.4) is 0 Å². The van der Waals surface area contributed by atoms with Gasteiger partial charge in [0.2, 0.25) is 15.9 Å². The Morgan fingerprint density at radius 3 is 2.30 bits per heavy atom. The van der Waals surface area contributed by atoms with E-state index in [1.807, 2.05) is 6.92 Å². The Bertz CT molecular complexity index is 697. The number of rotatable bonds is 9. The zero-order valence-electron chi connectivity index (χ0n) is 16.4. The molecule has 1 aromatic carbocycles. The molecule has 1 amide bonds. The van der Waals surface area contributed by atoms with Gasteiger partial charge in [-0.3, -0.25) is 4.79 Å². The number of hydrogen-bond acceptors (Lipinski definition) is 5. The van der Waals surface area contributed by atoms with Crippen LogP contribution in [0.2, 0.25) is 0 Å². The van der Waals surface area contributed by atoms with Gasteiger partial charge in [-0.15, -0.1) is 0 Å². The van der Waals surface area contributed by atoms with E-state index in [4.69, 9.17) is 9.47 Å². The van der Waals surface area contributed by atoms with Crippen molar-refractivity contribution in [3.05, 3.63) is 29.8 Å². The third-order valence-electron chi connectivity index (χ3n) is 4.83. The van der Waals surface area contributed by atoms with Crippen molar-refractivity contribution in [1.82, 2.24) is 9.21 Å². The van der Waals surface area contributed by atoms with E-state index in [2.05, 4.69) is 0 Å². The van der Waals surface area contributed by atoms with Crippen LogP contribution in [0.1, 0.15) is 18.4 Å². The van der Waals surface area contributed by atoms with E-state index < -0.39 is 10.0 Å². The van der Waals surface area contributed by atoms with Gasteiger partial charge in [-0.25, -0.2) is 8.42 Å². The molecule has 1 fully saturated rings. The highest BCUT2D eigenvalue weighted by atomic mass is 32.2. The van der Waals surface area contributed by atoms with Crippen LogP contribution in [0, 0.1) is 12.8 Å². The monoisotopic (exact) mass is 398 g/mol. The Morgan fingerprint density at radius 1 is 1.15 bits per heavy atom. The van der Waals surface area contributed by atoms with Crippen LogP contribution in [0.4, 0.5) is 0 Å². The van der Waals surface area contributed by atoms with Crippen molar-refractivity contribution in [3.8, 4) is 0 Å². The topological polar surface area (TPSA) is 76.2 Å². The summed E-state index contributed by atoms with van der Waals surface area (Å²) in [5.74, 6) is -0.374. The molecule has 8 heteroatoms. The SMILES string of the molecule is COCCN(CCOC)C(=O)C1CCCN(S(=O)(=O)c2ccc(C)cc2)C1. The molecule has 0 aromatic heterocycles. The van der Waals surface area contributed by atoms with Gasteiger partial charge < -0.3 is 14.4 Å². The molecule has 1 aromatic rings. The maximum absolute atomic E-state index is 13.0. The Labute approximate surface area is 162 Å². The maximum Gasteiger partial charge on any atom is 0.243 e. The molecule has 1 atom stereocenters. The second-order valence-corrected chi connectivity index (χ2v) is 8.76. The molecule has 0 bridgehead atoms. The largest absolute Gasteiger partial charge is 0.383 e. The lowest BCUT2D eigenvalue weighted by Crippen LogP contribution is -2.48. The second kappa shape index (κ2) is 10.2. The summed E-state index contributed by atoms with van der Waals surface area (Å²) < 4.78 is 37.5. The molecule has 27 heavy (non-hydrogen) atoms. The number of amides is 1. The van der Waals surface area contributed by atoms with Crippen LogP contribution in [-0.2, 0) is 24.3 Å². The summed E-state index contributed by atoms with van der Waals surface area (Å²) in [5, 5.41) is 0. The first-order valence-electron chi connectivity index (χ1n) is 9.23. The average Bonchev–Trinajstić information content (AvgIpc) is 2.68. The van der Waals surface area contributed by atoms with Crippen molar-refractivity contribution in [3.63, 3.8) is 0 Å². The van der Waals surface area contributed by atoms with Gasteiger partial charge in [0.1, 0.15) is 0 Å². The lowest BCUT2D eigenvalue weighted by molar-refractivity contribution is -0.138. The number of carbonyl (C=O) groups excluding carboxylic acids is 1. The zero-order chi connectivity index (χ0) is 19.9. The first-order chi connectivity index (χ1) is 12.9. The Balaban J connectivity index is 2.11. The van der Waals surface area contributed by atoms with Crippen molar-refractivity contribution >= 4 is 15.9 Å². The van der Waals surface area contributed by atoms with Crippen LogP contribution in [0.15, 0.2) is 29.2 Å². The fraction of sp³-hybridized carbons (Fsp3) is 0.632. The van der Waals surface area contributed by atoms with Crippen molar-refractivity contribution in [2.24, 2.45) is 5.92 Å². The molecule has 0 radical (unpaired) electrons. The Kier molecular flexibility index (Phi) is 8.22. The third-order valence-corrected chi connectivity index (χ3v) is 6.71. The molecular weight excluding hydrogens is 368 g/mol. The molecule has 7 nitrogen and oxygen atoms in total. The van der Waals surface area contributed by atoms with E-state index in [0.717, 1.165) is 5.56 Å². The van der Waals surface area contributed by atoms with Gasteiger partial charge >= 0.3 is 0 Å². The van der Waals surface area contributed by atoms with Crippen LogP contribution in [-0.4, -0.2) is 77.1 Å². The number of methoxy groups -OCH3 is 2. The summed E-state index contributed by atoms with van der Waals surface area (Å²) in [6, 6.07) is 6.83. The smallest absolute Gasteiger partial charge is 0.243 e. The Hall–Kier alpha value is -1.48. The highest BCUT2D eigenvalue weighted by molar-refractivity contribution is 7.89. The van der Waals surface area contributed by atoms with Gasteiger partial charge in [0.15, 0.2) is 0 Å². The molecule has 1 saturated heterocycles. The van der Waals surface area contributed by atoms with Crippen molar-refractivity contribution in [1.29, 1.82) is 0 Å². The normalized spacial score (nSPS) is 18.4. The fourth-order valence-electron chi connectivity index (χ4n) is 3.21. The lowest BCUT2D eigenvalue weighted by atomic mass is 9.98. The maximum atomic E-state index is 13.0. The highest BCUT2D eigenvalue weighted by Crippen LogP contribution is 2.25. The molecule has 0 aliphatic carbocycles. The summed E-state index contributed by atoms with van der Waals surface area (Å²) in [6.07, 6.45) is 1.36. The average molecular weight is 399 g/mol. The number of ether oxygens (including phenoxy) is 2. The lowest BCUT2D eigenvalue weighted by Gasteiger charge is -2.34. The van der Waals surface area contributed by atoms with Gasteiger partial charge in [-0.05, 0) is 31.9 Å². The summed E-state index contributed by atoms with van der Waals surface area (Å²) in [6.45, 7) is 4.39. The van der Waals surface area contributed by atoms with Gasteiger partial charge in [0.05, 0.1) is 24.0 Å². The van der Waals surface area contributed by atoms with Crippen LogP contribution in [0.25, 0.3) is 0 Å². The van der Waals surface area contributed by atoms with Crippen molar-refractivity contribution in [2.75, 3.05) is 53.6 Å². The number of hydrogen-bond donors (Lipinski definition) is 0. The van der Waals surface area contributed by atoms with Gasteiger partial charge in [-0.2, -0.15) is 4.31 Å². The molecule has 1 heterocycles. The molecule has 2 rings (SSSR count). The summed E-state index contributed by atoms with van der Waals surface area (Å²) in [5.41, 5.74) is 1.01. The number of carbonyl (C=O) groups is 1. The number of aryl methyl sites for hydroxylation is 1. The van der Waals surface area contributed by atoms with E-state index >= 15 is 0 Å². The molecule has 0 spiro atoms. The van der Waals surface area contributed by atoms with Crippen LogP contribution >= 0.6 is 0 Å². The van der Waals surface area contributed by atoms with E-state index in [1.165, 1.54) is 4.31 Å². The summed E-state index contributed by atoms with van der Waals surface area (Å²) in [7, 11) is -0.406. The predicted molar refractivity (Wildman–Crippen MR) is 103 cm³/mol. The predicted octanol–water partition coefficient (Wildman–Crippen LogP) is 1.52. The van der Waals surface area contributed by atoms with Gasteiger partial charge in [0, 0.05) is 40.4 Å². The zero-order valence-corrected chi connectivity index (χ0v) is 17.2. The molecule has 152 valence electrons. The first-order valence-corrected chi connectivity index (χ1v) is 10.7. The quantitative estimate of drug-likeness (QED) is 0.630. The molecule has 1 aliphatic rings. The fourth-order valence-corrected chi connectivity index (χ4v) is 4.74. The van der Waals surface area contributed by atoms with E-state index in [-0.39, 0.29) is 23.3 Å². The van der Waals surface area contributed by atoms with Crippen LogP contribution < -0.4 is 0 Å². The van der Waals surface area contributed by atoms with Gasteiger partial charge in [0.25, 0.3) is 0 Å². The van der Waals surface area contributed by atoms with Crippen molar-refractivity contribution < 1.29 is 22.7 Å². The molecule has 0 saturated carbocycles. The molecule has 0 N–H and O–H groups in total. The van der Waals surface area contributed by atoms with E-state index in [1.54, 1.807) is 43.4 Å². The Morgan fingerprint density at radius 2 is 1.74 bits per heavy atom. The van der Waals surface area contributed by atoms with E-state index in [0.29, 0.717) is 45.7 Å². The van der Waals surface area contributed by atoms with Crippen LogP contribution in [0.5, 0.6) is 0 Å². The summed E-state index contributed by atoms with van der Waals surface area (Å²) >= 11 is 0. The minimum absolute atomic E-state index is 0.0343. The third kappa shape index (κ3) is 5.75. The highest BCUT2D eigenvalue weighted by Gasteiger charge is 2.34. The standard InChI is InChI=1S/C19H30N2O5S/c1-16-6-8-18(9-7-16)27(23,24)21-10-4-5-17(15-21)19(22)20(11-13-25-2)12-14-26-3/h6-9,17H,4-5,10-15H2,1-3H3. The van der Waals surface area contributed by atoms with Crippen molar-refractivity contribution in [2.45, 2.75) is 24.7 Å². The van der Waals surface area contributed by atoms with E-state index in [9.17, 15) is 13.2 Å². The molecular formula is C19H30N2O5S. The summed E-state index contributed by atoms with van der Waals surface area (Å²) in [4.78, 5) is 14.9.